The van der Waals surface area contributed by atoms with Gasteiger partial charge < -0.3 is 9.32 Å². The van der Waals surface area contributed by atoms with Gasteiger partial charge in [-0.2, -0.15) is 13.2 Å². The van der Waals surface area contributed by atoms with Gasteiger partial charge in [-0.1, -0.05) is 23.9 Å². The number of aryl methyl sites for hydroxylation is 1. The van der Waals surface area contributed by atoms with Gasteiger partial charge in [-0.05, 0) is 25.0 Å². The molecule has 28 heavy (non-hydrogen) atoms. The molecule has 1 amide bonds. The van der Waals surface area contributed by atoms with Crippen LogP contribution in [0.1, 0.15) is 34.7 Å². The van der Waals surface area contributed by atoms with Crippen LogP contribution in [0, 0.1) is 12.8 Å². The molecule has 0 bridgehead atoms. The number of alkyl halides is 3. The van der Waals surface area contributed by atoms with E-state index in [2.05, 4.69) is 10.2 Å². The van der Waals surface area contributed by atoms with Crippen LogP contribution in [0.5, 0.6) is 0 Å². The van der Waals surface area contributed by atoms with Crippen LogP contribution in [-0.2, 0) is 11.0 Å². The zero-order valence-corrected chi connectivity index (χ0v) is 15.8. The Hall–Kier alpha value is -2.36. The van der Waals surface area contributed by atoms with Crippen molar-refractivity contribution in [3.63, 3.8) is 0 Å². The molecule has 2 heterocycles. The molecule has 3 rings (SSSR count). The molecule has 0 aliphatic carbocycles. The first kappa shape index (κ1) is 20.4. The zero-order valence-electron chi connectivity index (χ0n) is 15.0. The number of rotatable bonds is 5. The number of Topliss-reactive ketones (excluding diaryl/α,β-unsaturated/α-hetero) is 1. The number of ketones is 1. The van der Waals surface area contributed by atoms with E-state index < -0.39 is 17.7 Å². The average molecular weight is 413 g/mol. The van der Waals surface area contributed by atoms with Crippen molar-refractivity contribution in [1.29, 1.82) is 0 Å². The fourth-order valence-corrected chi connectivity index (χ4v) is 3.74. The summed E-state index contributed by atoms with van der Waals surface area (Å²) in [6, 6.07) is 4.20. The summed E-state index contributed by atoms with van der Waals surface area (Å²) in [5.41, 5.74) is -0.569. The Morgan fingerprint density at radius 1 is 1.25 bits per heavy atom. The molecule has 1 atom stereocenters. The first-order valence-corrected chi connectivity index (χ1v) is 9.65. The Morgan fingerprint density at radius 2 is 1.96 bits per heavy atom. The Bertz CT molecular complexity index is 852. The molecule has 0 radical (unpaired) electrons. The van der Waals surface area contributed by atoms with Gasteiger partial charge in [0.25, 0.3) is 5.22 Å². The molecule has 1 fully saturated rings. The molecule has 6 nitrogen and oxygen atoms in total. The molecule has 150 valence electrons. The summed E-state index contributed by atoms with van der Waals surface area (Å²) in [5.74, 6) is -0.291. The van der Waals surface area contributed by atoms with E-state index in [4.69, 9.17) is 4.42 Å². The first-order chi connectivity index (χ1) is 13.2. The summed E-state index contributed by atoms with van der Waals surface area (Å²) >= 11 is 1.13. The van der Waals surface area contributed by atoms with Crippen LogP contribution in [0.25, 0.3) is 0 Å². The van der Waals surface area contributed by atoms with E-state index in [1.54, 1.807) is 11.8 Å². The summed E-state index contributed by atoms with van der Waals surface area (Å²) in [6.07, 6.45) is -3.18. The van der Waals surface area contributed by atoms with Crippen LogP contribution in [0.2, 0.25) is 0 Å². The van der Waals surface area contributed by atoms with E-state index in [1.807, 2.05) is 0 Å². The SMILES string of the molecule is Cc1nnc(SCC(=O)N2CCC[C@H](C(=O)c3ccc(C(F)(F)F)cc3)C2)o1. The lowest BCUT2D eigenvalue weighted by Gasteiger charge is -2.32. The van der Waals surface area contributed by atoms with Gasteiger partial charge in [-0.3, -0.25) is 9.59 Å². The highest BCUT2D eigenvalue weighted by Gasteiger charge is 2.32. The van der Waals surface area contributed by atoms with Gasteiger partial charge in [0, 0.05) is 31.5 Å². The van der Waals surface area contributed by atoms with E-state index >= 15 is 0 Å². The van der Waals surface area contributed by atoms with Gasteiger partial charge in [-0.25, -0.2) is 0 Å². The number of aromatic nitrogens is 2. The van der Waals surface area contributed by atoms with Gasteiger partial charge in [0.15, 0.2) is 5.78 Å². The molecule has 1 aromatic carbocycles. The molecule has 0 unspecified atom stereocenters. The maximum Gasteiger partial charge on any atom is 0.416 e. The van der Waals surface area contributed by atoms with Gasteiger partial charge in [0.05, 0.1) is 11.3 Å². The molecular formula is C18H18F3N3O3S. The predicted octanol–water partition coefficient (Wildman–Crippen LogP) is 3.61. The number of carbonyl (C=O) groups excluding carboxylic acids is 2. The van der Waals surface area contributed by atoms with Crippen molar-refractivity contribution in [2.75, 3.05) is 18.8 Å². The fourth-order valence-electron chi connectivity index (χ4n) is 3.03. The van der Waals surface area contributed by atoms with Gasteiger partial charge in [0.1, 0.15) is 0 Å². The lowest BCUT2D eigenvalue weighted by molar-refractivity contribution is -0.137. The Labute approximate surface area is 163 Å². The standard InChI is InChI=1S/C18H18F3N3O3S/c1-11-22-23-17(27-11)28-10-15(25)24-8-2-3-13(9-24)16(26)12-4-6-14(7-5-12)18(19,20)21/h4-7,13H,2-3,8-10H2,1H3/t13-/m0/s1. The predicted molar refractivity (Wildman–Crippen MR) is 94.8 cm³/mol. The topological polar surface area (TPSA) is 76.3 Å². The molecule has 1 aliphatic rings. The van der Waals surface area contributed by atoms with Gasteiger partial charge in [-0.15, -0.1) is 10.2 Å². The molecule has 2 aromatic rings. The van der Waals surface area contributed by atoms with Crippen molar-refractivity contribution >= 4 is 23.5 Å². The molecule has 1 saturated heterocycles. The quantitative estimate of drug-likeness (QED) is 0.551. The minimum absolute atomic E-state index is 0.114. The molecule has 10 heteroatoms. The Morgan fingerprint density at radius 3 is 2.57 bits per heavy atom. The smallest absolute Gasteiger partial charge is 0.416 e. The van der Waals surface area contributed by atoms with Gasteiger partial charge >= 0.3 is 6.18 Å². The molecule has 1 aliphatic heterocycles. The number of likely N-dealkylation sites (tertiary alicyclic amines) is 1. The number of halogens is 3. The third kappa shape index (κ3) is 4.92. The summed E-state index contributed by atoms with van der Waals surface area (Å²) < 4.78 is 43.2. The highest BCUT2D eigenvalue weighted by atomic mass is 32.2. The third-order valence-electron chi connectivity index (χ3n) is 4.47. The third-order valence-corrected chi connectivity index (χ3v) is 5.27. The zero-order chi connectivity index (χ0) is 20.3. The van der Waals surface area contributed by atoms with Crippen LogP contribution in [0.15, 0.2) is 33.9 Å². The second-order valence-electron chi connectivity index (χ2n) is 6.49. The summed E-state index contributed by atoms with van der Waals surface area (Å²) in [4.78, 5) is 26.7. The van der Waals surface area contributed by atoms with Crippen LogP contribution in [0.4, 0.5) is 13.2 Å². The van der Waals surface area contributed by atoms with Crippen LogP contribution >= 0.6 is 11.8 Å². The fraction of sp³-hybridized carbons (Fsp3) is 0.444. The number of hydrogen-bond donors (Lipinski definition) is 0. The number of benzene rings is 1. The second kappa shape index (κ2) is 8.34. The summed E-state index contributed by atoms with van der Waals surface area (Å²) in [7, 11) is 0. The van der Waals surface area contributed by atoms with Crippen molar-refractivity contribution < 1.29 is 27.2 Å². The van der Waals surface area contributed by atoms with E-state index in [0.717, 1.165) is 23.9 Å². The van der Waals surface area contributed by atoms with Crippen molar-refractivity contribution in [2.24, 2.45) is 5.92 Å². The number of thioether (sulfide) groups is 1. The minimum Gasteiger partial charge on any atom is -0.416 e. The summed E-state index contributed by atoms with van der Waals surface area (Å²) in [6.45, 7) is 2.45. The molecule has 0 saturated carbocycles. The van der Waals surface area contributed by atoms with E-state index in [9.17, 15) is 22.8 Å². The van der Waals surface area contributed by atoms with E-state index in [0.29, 0.717) is 30.5 Å². The van der Waals surface area contributed by atoms with Crippen molar-refractivity contribution in [3.05, 3.63) is 41.3 Å². The van der Waals surface area contributed by atoms with Crippen LogP contribution in [-0.4, -0.2) is 45.6 Å². The second-order valence-corrected chi connectivity index (χ2v) is 7.42. The maximum absolute atomic E-state index is 12.7. The number of piperidine rings is 1. The molecule has 0 N–H and O–H groups in total. The number of carbonyl (C=O) groups is 2. The largest absolute Gasteiger partial charge is 0.416 e. The van der Waals surface area contributed by atoms with Crippen LogP contribution < -0.4 is 0 Å². The van der Waals surface area contributed by atoms with Gasteiger partial charge in [0.2, 0.25) is 11.8 Å². The average Bonchev–Trinajstić information content (AvgIpc) is 3.10. The normalized spacial score (nSPS) is 17.6. The summed E-state index contributed by atoms with van der Waals surface area (Å²) in [5, 5.41) is 7.81. The van der Waals surface area contributed by atoms with Crippen molar-refractivity contribution in [2.45, 2.75) is 31.2 Å². The molecule has 1 aromatic heterocycles. The Balaban J connectivity index is 1.59. The number of hydrogen-bond acceptors (Lipinski definition) is 6. The van der Waals surface area contributed by atoms with Crippen molar-refractivity contribution in [1.82, 2.24) is 15.1 Å². The number of nitrogens with zero attached hydrogens (tertiary/aromatic N) is 3. The van der Waals surface area contributed by atoms with Crippen LogP contribution in [0.3, 0.4) is 0 Å². The lowest BCUT2D eigenvalue weighted by atomic mass is 9.89. The first-order valence-electron chi connectivity index (χ1n) is 8.66. The molecular weight excluding hydrogens is 395 g/mol. The lowest BCUT2D eigenvalue weighted by Crippen LogP contribution is -2.43. The maximum atomic E-state index is 12.7. The molecule has 0 spiro atoms. The minimum atomic E-state index is -4.44. The van der Waals surface area contributed by atoms with E-state index in [1.165, 1.54) is 12.1 Å². The Kier molecular flexibility index (Phi) is 6.07. The van der Waals surface area contributed by atoms with E-state index in [-0.39, 0.29) is 29.6 Å². The van der Waals surface area contributed by atoms with Crippen molar-refractivity contribution in [3.8, 4) is 0 Å². The highest BCUT2D eigenvalue weighted by molar-refractivity contribution is 7.99. The monoisotopic (exact) mass is 413 g/mol. The highest BCUT2D eigenvalue weighted by Crippen LogP contribution is 2.30. The number of amides is 1.